The zero-order chi connectivity index (χ0) is 14.7. The molecule has 0 aromatic heterocycles. The number of rotatable bonds is 3. The van der Waals surface area contributed by atoms with Crippen LogP contribution < -0.4 is 15.9 Å². The van der Waals surface area contributed by atoms with Gasteiger partial charge in [-0.1, -0.05) is 54.6 Å². The average molecular weight is 356 g/mol. The summed E-state index contributed by atoms with van der Waals surface area (Å²) < 4.78 is 0. The first kappa shape index (κ1) is 14.5. The highest BCUT2D eigenvalue weighted by Gasteiger charge is 2.44. The lowest BCUT2D eigenvalue weighted by Crippen LogP contribution is -2.28. The van der Waals surface area contributed by atoms with Crippen molar-refractivity contribution in [1.29, 1.82) is 0 Å². The highest BCUT2D eigenvalue weighted by Crippen LogP contribution is 2.63. The summed E-state index contributed by atoms with van der Waals surface area (Å²) in [6.45, 7) is 2.19. The zero-order valence-corrected chi connectivity index (χ0v) is 14.4. The van der Waals surface area contributed by atoms with Crippen molar-refractivity contribution < 1.29 is 0 Å². The highest BCUT2D eigenvalue weighted by atomic mass is 79.9. The zero-order valence-electron chi connectivity index (χ0n) is 11.9. The number of hydrogen-bond acceptors (Lipinski definition) is 0. The van der Waals surface area contributed by atoms with Crippen molar-refractivity contribution in [3.05, 3.63) is 90.5 Å². The normalized spacial score (nSPS) is 11.3. The van der Waals surface area contributed by atoms with Crippen molar-refractivity contribution in [2.75, 3.05) is 0 Å². The molecule has 3 aromatic carbocycles. The van der Waals surface area contributed by atoms with Crippen LogP contribution in [0.3, 0.4) is 0 Å². The van der Waals surface area contributed by atoms with Crippen LogP contribution in [0.2, 0.25) is 0 Å². The molecule has 0 bridgehead atoms. The average Bonchev–Trinajstić information content (AvgIpc) is 2.56. The molecule has 0 amide bonds. The molecule has 0 nitrogen and oxygen atoms in total. The fourth-order valence-corrected chi connectivity index (χ4v) is 8.09. The topological polar surface area (TPSA) is 0 Å². The molecule has 0 aliphatic heterocycles. The van der Waals surface area contributed by atoms with E-state index in [4.69, 9.17) is 0 Å². The van der Waals surface area contributed by atoms with E-state index < -0.39 is 5.96 Å². The van der Waals surface area contributed by atoms with E-state index in [-0.39, 0.29) is 0 Å². The van der Waals surface area contributed by atoms with Crippen LogP contribution in [0.4, 0.5) is 0 Å². The summed E-state index contributed by atoms with van der Waals surface area (Å²) in [4.78, 5) is 0. The summed E-state index contributed by atoms with van der Waals surface area (Å²) in [5, 5.41) is 4.10. The predicted octanol–water partition coefficient (Wildman–Crippen LogP) is 4.60. The van der Waals surface area contributed by atoms with Gasteiger partial charge in [-0.2, -0.15) is 0 Å². The SMILES string of the molecule is Cc1ccccc1[P+](Br)(c1ccccc1)c1ccccc1. The third kappa shape index (κ3) is 2.69. The molecule has 0 radical (unpaired) electrons. The van der Waals surface area contributed by atoms with Crippen molar-refractivity contribution in [2.24, 2.45) is 0 Å². The summed E-state index contributed by atoms with van der Waals surface area (Å²) in [6.07, 6.45) is 0. The van der Waals surface area contributed by atoms with E-state index >= 15 is 0 Å². The molecule has 0 saturated carbocycles. The maximum absolute atomic E-state index is 4.17. The van der Waals surface area contributed by atoms with Gasteiger partial charge in [0.15, 0.2) is 21.5 Å². The van der Waals surface area contributed by atoms with Gasteiger partial charge in [-0.3, -0.25) is 0 Å². The van der Waals surface area contributed by atoms with Crippen molar-refractivity contribution in [2.45, 2.75) is 6.92 Å². The Morgan fingerprint density at radius 3 is 1.52 bits per heavy atom. The van der Waals surface area contributed by atoms with Crippen molar-refractivity contribution in [3.8, 4) is 0 Å². The lowest BCUT2D eigenvalue weighted by atomic mass is 10.2. The molecule has 0 atom stereocenters. The van der Waals surface area contributed by atoms with Crippen LogP contribution in [-0.4, -0.2) is 0 Å². The van der Waals surface area contributed by atoms with Crippen LogP contribution in [0.15, 0.2) is 84.9 Å². The lowest BCUT2D eigenvalue weighted by Gasteiger charge is -2.21. The third-order valence-electron chi connectivity index (χ3n) is 3.67. The number of halogens is 1. The quantitative estimate of drug-likeness (QED) is 0.602. The minimum Gasteiger partial charge on any atom is -0.0620 e. The number of benzene rings is 3. The van der Waals surface area contributed by atoms with Gasteiger partial charge in [0, 0.05) is 0 Å². The van der Waals surface area contributed by atoms with E-state index in [0.29, 0.717) is 0 Å². The minimum absolute atomic E-state index is 1.33. The van der Waals surface area contributed by atoms with Gasteiger partial charge >= 0.3 is 0 Å². The van der Waals surface area contributed by atoms with Gasteiger partial charge < -0.3 is 0 Å². The second-order valence-electron chi connectivity index (χ2n) is 5.05. The third-order valence-corrected chi connectivity index (χ3v) is 10.5. The molecular formula is C19H17BrP+. The van der Waals surface area contributed by atoms with Crippen molar-refractivity contribution in [3.63, 3.8) is 0 Å². The Hall–Kier alpha value is -1.43. The molecule has 0 saturated heterocycles. The maximum atomic E-state index is 4.17. The second-order valence-corrected chi connectivity index (χ2v) is 10.9. The Kier molecular flexibility index (Phi) is 4.24. The van der Waals surface area contributed by atoms with Crippen LogP contribution in [0, 0.1) is 6.92 Å². The van der Waals surface area contributed by atoms with Gasteiger partial charge in [0.05, 0.1) is 0 Å². The van der Waals surface area contributed by atoms with E-state index in [9.17, 15) is 0 Å². The Bertz CT molecular complexity index is 683. The molecule has 0 aliphatic carbocycles. The summed E-state index contributed by atoms with van der Waals surface area (Å²) in [6, 6.07) is 30.2. The summed E-state index contributed by atoms with van der Waals surface area (Å²) in [5.41, 5.74) is 1.33. The molecule has 3 aromatic rings. The van der Waals surface area contributed by atoms with E-state index in [2.05, 4.69) is 107 Å². The molecule has 0 heterocycles. The number of aryl methyl sites for hydroxylation is 1. The standard InChI is InChI=1S/C19H17BrP/c1-16-10-8-9-15-19(16)21(20,17-11-4-2-5-12-17)18-13-6-3-7-14-18/h2-15H,1H3/q+1. The fourth-order valence-electron chi connectivity index (χ4n) is 2.60. The monoisotopic (exact) mass is 355 g/mol. The van der Waals surface area contributed by atoms with Gasteiger partial charge in [0.2, 0.25) is 0 Å². The first-order valence-corrected chi connectivity index (χ1v) is 10.8. The minimum atomic E-state index is -1.75. The van der Waals surface area contributed by atoms with E-state index in [1.807, 2.05) is 0 Å². The van der Waals surface area contributed by atoms with Crippen LogP contribution in [-0.2, 0) is 0 Å². The van der Waals surface area contributed by atoms with Crippen molar-refractivity contribution >= 4 is 37.4 Å². The predicted molar refractivity (Wildman–Crippen MR) is 98.8 cm³/mol. The van der Waals surface area contributed by atoms with Gasteiger partial charge in [0.25, 0.3) is 0 Å². The summed E-state index contributed by atoms with van der Waals surface area (Å²) in [5.74, 6) is -1.75. The number of hydrogen-bond donors (Lipinski definition) is 0. The maximum Gasteiger partial charge on any atom is 0.181 e. The Morgan fingerprint density at radius 2 is 1.05 bits per heavy atom. The summed E-state index contributed by atoms with van der Waals surface area (Å²) >= 11 is 4.17. The fraction of sp³-hybridized carbons (Fsp3) is 0.0526. The largest absolute Gasteiger partial charge is 0.181 e. The van der Waals surface area contributed by atoms with Crippen LogP contribution >= 0.6 is 21.5 Å². The lowest BCUT2D eigenvalue weighted by molar-refractivity contribution is 1.52. The Balaban J connectivity index is 2.29. The molecule has 0 fully saturated rings. The molecule has 0 unspecified atom stereocenters. The molecule has 3 rings (SSSR count). The molecule has 0 aliphatic rings. The van der Waals surface area contributed by atoms with E-state index in [1.54, 1.807) is 0 Å². The molecule has 104 valence electrons. The van der Waals surface area contributed by atoms with E-state index in [1.165, 1.54) is 21.5 Å². The molecule has 0 spiro atoms. The summed E-state index contributed by atoms with van der Waals surface area (Å²) in [7, 11) is 0. The van der Waals surface area contributed by atoms with Crippen LogP contribution in [0.5, 0.6) is 0 Å². The molecular weight excluding hydrogens is 339 g/mol. The van der Waals surface area contributed by atoms with Crippen LogP contribution in [0.1, 0.15) is 5.56 Å². The van der Waals surface area contributed by atoms with Gasteiger partial charge in [0.1, 0.15) is 15.9 Å². The first-order chi connectivity index (χ1) is 10.2. The Morgan fingerprint density at radius 1 is 0.619 bits per heavy atom. The first-order valence-electron chi connectivity index (χ1n) is 6.99. The van der Waals surface area contributed by atoms with Gasteiger partial charge in [-0.25, -0.2) is 0 Å². The Labute approximate surface area is 134 Å². The van der Waals surface area contributed by atoms with E-state index in [0.717, 1.165) is 0 Å². The second kappa shape index (κ2) is 6.13. The molecule has 21 heavy (non-hydrogen) atoms. The van der Waals surface area contributed by atoms with Gasteiger partial charge in [-0.15, -0.1) is 0 Å². The molecule has 0 N–H and O–H groups in total. The van der Waals surface area contributed by atoms with Crippen molar-refractivity contribution in [1.82, 2.24) is 0 Å². The van der Waals surface area contributed by atoms with Crippen LogP contribution in [0.25, 0.3) is 0 Å². The smallest absolute Gasteiger partial charge is 0.0620 e. The van der Waals surface area contributed by atoms with Gasteiger partial charge in [-0.05, 0) is 42.8 Å². The highest BCUT2D eigenvalue weighted by molar-refractivity contribution is 9.44. The molecule has 2 heteroatoms.